The van der Waals surface area contributed by atoms with Gasteiger partial charge in [-0.3, -0.25) is 70.8 Å². The number of rotatable bonds is 27. The molecule has 1 aliphatic heterocycles. The van der Waals surface area contributed by atoms with Crippen LogP contribution in [0.25, 0.3) is 88.6 Å². The van der Waals surface area contributed by atoms with E-state index in [4.69, 9.17) is 20.4 Å². The van der Waals surface area contributed by atoms with Gasteiger partial charge in [0.25, 0.3) is 22.2 Å². The van der Waals surface area contributed by atoms with Crippen molar-refractivity contribution < 1.29 is 0 Å². The van der Waals surface area contributed by atoms with Crippen LogP contribution < -0.4 is 71.6 Å². The summed E-state index contributed by atoms with van der Waals surface area (Å²) in [4.78, 5) is 114. The Morgan fingerprint density at radius 3 is 0.979 bits per heavy atom. The molecule has 1 atom stereocenters. The van der Waals surface area contributed by atoms with Crippen molar-refractivity contribution in [2.45, 2.75) is 127 Å². The van der Waals surface area contributed by atoms with Gasteiger partial charge < -0.3 is 26.6 Å². The van der Waals surface area contributed by atoms with Gasteiger partial charge in [0.2, 0.25) is 0 Å². The summed E-state index contributed by atoms with van der Waals surface area (Å²) < 4.78 is 18.2. The summed E-state index contributed by atoms with van der Waals surface area (Å²) in [6, 6.07) is 83.4. The number of nitrogens with zero attached hydrogens (tertiary/aromatic N) is 19. The zero-order valence-corrected chi connectivity index (χ0v) is 82.4. The van der Waals surface area contributed by atoms with Gasteiger partial charge in [-0.1, -0.05) is 281 Å². The van der Waals surface area contributed by atoms with Crippen molar-refractivity contribution in [3.8, 4) is 44.5 Å². The number of anilines is 7. The van der Waals surface area contributed by atoms with E-state index in [2.05, 4.69) is 215 Å². The molecule has 33 nitrogen and oxygen atoms in total. The SMILES string of the molecule is CC(C)Cn1c(=O)n(C)c(=O)c2c(N[C@H]3CCNC3)n(Cc3ccc(-c4ccccc4)cc3)nc21.CC(C)Cn1c(=O)n(C)c(=O)c2c(Nc3cccnc3)n(Cc3ccc(-c4ccccc4)cc3)nc21.CC(C)Cn1c(=O)n(C)c(=O)c2c(Nc3ccn[nH]3)n(Cc3ccc(-c4ccccc4)cc3)nc21.Cn1c(=O)c2c(Nc3ccncc3)n(Cc3ccc(-c4ccccc4)cc3)nc2n(CC(C)(C)C)c1=O. The monoisotopic (exact) mass is 1920 g/mol. The summed E-state index contributed by atoms with van der Waals surface area (Å²) >= 11 is 0. The van der Waals surface area contributed by atoms with E-state index in [9.17, 15) is 38.4 Å². The predicted octanol–water partition coefficient (Wildman–Crippen LogP) is 16.0. The number of aromatic nitrogens is 20. The number of hydrogen-bond donors (Lipinski definition) is 6. The smallest absolute Gasteiger partial charge is 0.332 e. The highest BCUT2D eigenvalue weighted by atomic mass is 16.2. The molecule has 0 unspecified atom stereocenters. The maximum absolute atomic E-state index is 13.4. The molecular weight excluding hydrogens is 1800 g/mol. The van der Waals surface area contributed by atoms with Gasteiger partial charge >= 0.3 is 22.8 Å². The summed E-state index contributed by atoms with van der Waals surface area (Å²) in [5.41, 5.74) is 13.2. The molecule has 0 amide bonds. The first-order chi connectivity index (χ1) is 69.0. The number of nitrogens with one attached hydrogen (secondary N) is 6. The molecule has 33 heteroatoms. The number of H-pyrrole nitrogens is 1. The standard InChI is InChI=1S/C29H30N6O2.C28H28N6O2.C27H32N6O2.C26H27N7O2/c1-29(2,3)19-34-26-24(27(36)33(4)28(34)37)25(31-23-14-16-30-17-15-23)35(32-26)18-20-10-12-22(13-11-20)21-8-6-5-7-9-21;1-19(2)17-33-26-24(27(35)32(3)28(33)36)25(30-23-10-7-15-29-16-23)34(31-26)18-20-11-13-22(14-12-20)21-8-5-4-6-9-21;1-18(2)16-32-25-23(26(34)31(3)27(32)35)24(29-22-13-14-28-15-22)33(30-25)17-19-9-11-21(12-10-19)20-7-5-4-6-8-20;1-17(2)15-32-24-22(25(34)31(3)26(32)35)23(28-21-13-14-27-29-21)33(30-24)16-18-9-11-20(12-10-18)19-7-5-4-6-8-19/h5-17H,18-19H2,1-4H3,(H,30,31);4-16,19,30H,17-18H2,1-3H3;4-12,18,22,28-29H,13-17H2,1-3H3;4-14,17H,15-16H2,1-3H3,(H2,27,28,29)/t;;22-;/m..0./s1. The molecule has 0 radical (unpaired) electrons. The molecule has 143 heavy (non-hydrogen) atoms. The van der Waals surface area contributed by atoms with Crippen LogP contribution in [0.5, 0.6) is 0 Å². The van der Waals surface area contributed by atoms with Crippen molar-refractivity contribution in [2.24, 2.45) is 51.4 Å². The van der Waals surface area contributed by atoms with Gasteiger partial charge in [0.15, 0.2) is 22.6 Å². The lowest BCUT2D eigenvalue weighted by molar-refractivity contribution is 0.337. The van der Waals surface area contributed by atoms with Gasteiger partial charge in [-0.05, 0) is 127 Å². The second-order valence-electron chi connectivity index (χ2n) is 38.5. The van der Waals surface area contributed by atoms with Gasteiger partial charge in [0.05, 0.1) is 44.3 Å². The zero-order valence-electron chi connectivity index (χ0n) is 82.4. The van der Waals surface area contributed by atoms with E-state index >= 15 is 0 Å². The molecule has 1 fully saturated rings. The fourth-order valence-electron chi connectivity index (χ4n) is 17.6. The van der Waals surface area contributed by atoms with Gasteiger partial charge in [0.1, 0.15) is 50.6 Å². The molecule has 0 bridgehead atoms. The number of fused-ring (bicyclic) bond motifs is 4. The third-order valence-electron chi connectivity index (χ3n) is 24.8. The summed E-state index contributed by atoms with van der Waals surface area (Å²) in [7, 11) is 6.07. The second-order valence-corrected chi connectivity index (χ2v) is 38.5. The summed E-state index contributed by atoms with van der Waals surface area (Å²) in [6.07, 6.45) is 9.33. The van der Waals surface area contributed by atoms with E-state index in [0.717, 1.165) is 106 Å². The fourth-order valence-corrected chi connectivity index (χ4v) is 17.6. The average molecular weight is 1920 g/mol. The number of benzene rings is 8. The Balaban J connectivity index is 0.000000131. The summed E-state index contributed by atoms with van der Waals surface area (Å²) in [5, 5.41) is 44.5. The normalized spacial score (nSPS) is 12.5. The largest absolute Gasteiger partial charge is 0.365 e. The lowest BCUT2D eigenvalue weighted by atomic mass is 9.97. The molecule has 8 aromatic carbocycles. The third kappa shape index (κ3) is 21.9. The van der Waals surface area contributed by atoms with Gasteiger partial charge in [0, 0.05) is 97.3 Å². The zero-order chi connectivity index (χ0) is 100. The van der Waals surface area contributed by atoms with Crippen LogP contribution >= 0.6 is 0 Å². The molecule has 20 rings (SSSR count). The molecule has 0 saturated carbocycles. The predicted molar refractivity (Wildman–Crippen MR) is 567 cm³/mol. The Labute approximate surface area is 823 Å². The topological polar surface area (TPSA) is 362 Å². The van der Waals surface area contributed by atoms with E-state index in [1.807, 2.05) is 142 Å². The minimum Gasteiger partial charge on any atom is -0.365 e. The molecule has 730 valence electrons. The first-order valence-electron chi connectivity index (χ1n) is 47.9. The molecule has 1 saturated heterocycles. The summed E-state index contributed by atoms with van der Waals surface area (Å²) in [6.45, 7) is 23.7. The van der Waals surface area contributed by atoms with E-state index < -0.39 is 5.56 Å². The fraction of sp³-hybridized carbons (Fsp3) is 0.264. The number of hydrogen-bond acceptors (Lipinski definition) is 20. The van der Waals surface area contributed by atoms with Gasteiger partial charge in [-0.2, -0.15) is 25.5 Å². The van der Waals surface area contributed by atoms with Crippen molar-refractivity contribution in [1.29, 1.82) is 0 Å². The highest BCUT2D eigenvalue weighted by molar-refractivity contribution is 5.92. The third-order valence-corrected chi connectivity index (χ3v) is 24.8. The Kier molecular flexibility index (Phi) is 29.2. The first kappa shape index (κ1) is 97.7. The van der Waals surface area contributed by atoms with Crippen LogP contribution in [0.3, 0.4) is 0 Å². The van der Waals surface area contributed by atoms with Crippen molar-refractivity contribution in [3.05, 3.63) is 385 Å². The molecule has 0 spiro atoms. The van der Waals surface area contributed by atoms with Crippen LogP contribution in [0, 0.1) is 23.2 Å². The Bertz CT molecular complexity index is 8230. The highest BCUT2D eigenvalue weighted by Crippen LogP contribution is 2.34. The lowest BCUT2D eigenvalue weighted by Gasteiger charge is -2.20. The Hall–Kier alpha value is -17.0. The molecular formula is C110H117N25O8. The van der Waals surface area contributed by atoms with Crippen LogP contribution in [0.4, 0.5) is 40.5 Å². The van der Waals surface area contributed by atoms with E-state index in [1.54, 1.807) is 76.4 Å². The quantitative estimate of drug-likeness (QED) is 0.0278. The van der Waals surface area contributed by atoms with Crippen molar-refractivity contribution >= 4 is 84.6 Å². The van der Waals surface area contributed by atoms with Crippen LogP contribution in [0.15, 0.2) is 318 Å². The van der Waals surface area contributed by atoms with Crippen LogP contribution in [0.1, 0.15) is 91.0 Å². The molecule has 6 N–H and O–H groups in total. The minimum atomic E-state index is -0.391. The molecule has 12 heterocycles. The van der Waals surface area contributed by atoms with Crippen LogP contribution in [-0.4, -0.2) is 115 Å². The van der Waals surface area contributed by atoms with Crippen molar-refractivity contribution in [3.63, 3.8) is 0 Å². The Morgan fingerprint density at radius 2 is 0.664 bits per heavy atom. The van der Waals surface area contributed by atoms with Gasteiger partial charge in [-0.25, -0.2) is 37.9 Å². The van der Waals surface area contributed by atoms with Crippen molar-refractivity contribution in [1.82, 2.24) is 101 Å². The summed E-state index contributed by atoms with van der Waals surface area (Å²) in [5.74, 6) is 3.52. The van der Waals surface area contributed by atoms with Crippen molar-refractivity contribution in [2.75, 3.05) is 34.4 Å². The molecule has 19 aromatic rings. The lowest BCUT2D eigenvalue weighted by Crippen LogP contribution is -2.40. The number of pyridine rings is 2. The van der Waals surface area contributed by atoms with E-state index in [0.29, 0.717) is 126 Å². The van der Waals surface area contributed by atoms with Crippen LogP contribution in [0.2, 0.25) is 0 Å². The van der Waals surface area contributed by atoms with Crippen LogP contribution in [-0.2, 0) is 80.5 Å². The Morgan fingerprint density at radius 1 is 0.343 bits per heavy atom. The molecule has 0 aliphatic carbocycles. The molecule has 1 aliphatic rings. The maximum Gasteiger partial charge on any atom is 0.332 e. The molecule has 11 aromatic heterocycles. The first-order valence-corrected chi connectivity index (χ1v) is 47.9. The number of aromatic amines is 1. The minimum absolute atomic E-state index is 0.191. The highest BCUT2D eigenvalue weighted by Gasteiger charge is 2.30. The maximum atomic E-state index is 13.4. The average Bonchev–Trinajstić information content (AvgIpc) is 1.61. The van der Waals surface area contributed by atoms with E-state index in [-0.39, 0.29) is 68.6 Å². The van der Waals surface area contributed by atoms with E-state index in [1.165, 1.54) is 31.3 Å². The second kappa shape index (κ2) is 42.8. The van der Waals surface area contributed by atoms with Gasteiger partial charge in [-0.15, -0.1) is 0 Å².